The van der Waals surface area contributed by atoms with E-state index >= 15 is 0 Å². The minimum absolute atomic E-state index is 0.174. The first kappa shape index (κ1) is 9.76. The van der Waals surface area contributed by atoms with Crippen molar-refractivity contribution in [2.45, 2.75) is 6.04 Å². The molecule has 5 heteroatoms. The Hall–Kier alpha value is -0.780. The number of hydrogen-bond donors (Lipinski definition) is 1. The van der Waals surface area contributed by atoms with Crippen LogP contribution in [-0.2, 0) is 0 Å². The summed E-state index contributed by atoms with van der Waals surface area (Å²) in [5.74, 6) is 0. The summed E-state index contributed by atoms with van der Waals surface area (Å²) in [5, 5.41) is 2.00. The van der Waals surface area contributed by atoms with E-state index in [0.29, 0.717) is 0 Å². The molecule has 0 bridgehead atoms. The van der Waals surface area contributed by atoms with Crippen LogP contribution < -0.4 is 5.73 Å². The Labute approximate surface area is 94.1 Å². The molecule has 0 amide bonds. The van der Waals surface area contributed by atoms with Gasteiger partial charge in [-0.2, -0.15) is 0 Å². The van der Waals surface area contributed by atoms with Gasteiger partial charge in [0.05, 0.1) is 16.2 Å². The Morgan fingerprint density at radius 1 is 1.50 bits per heavy atom. The van der Waals surface area contributed by atoms with E-state index in [2.05, 4.69) is 25.9 Å². The molecule has 2 rings (SSSR count). The zero-order chi connectivity index (χ0) is 9.97. The van der Waals surface area contributed by atoms with Crippen LogP contribution in [0.15, 0.2) is 34.5 Å². The van der Waals surface area contributed by atoms with Crippen molar-refractivity contribution in [3.05, 3.63) is 45.1 Å². The Morgan fingerprint density at radius 2 is 2.36 bits per heavy atom. The first-order valence-electron chi connectivity index (χ1n) is 4.03. The molecule has 14 heavy (non-hydrogen) atoms. The van der Waals surface area contributed by atoms with Crippen molar-refractivity contribution in [2.24, 2.45) is 5.73 Å². The molecular formula is C9H8BrN3S. The van der Waals surface area contributed by atoms with Crippen LogP contribution in [-0.4, -0.2) is 9.97 Å². The van der Waals surface area contributed by atoms with Gasteiger partial charge >= 0.3 is 0 Å². The summed E-state index contributed by atoms with van der Waals surface area (Å²) in [4.78, 5) is 9.16. The molecule has 0 spiro atoms. The van der Waals surface area contributed by atoms with Gasteiger partial charge in [0.1, 0.15) is 6.33 Å². The van der Waals surface area contributed by atoms with E-state index in [1.807, 2.05) is 17.5 Å². The molecule has 3 nitrogen and oxygen atoms in total. The van der Waals surface area contributed by atoms with Crippen molar-refractivity contribution in [3.8, 4) is 0 Å². The molecule has 2 heterocycles. The predicted molar refractivity (Wildman–Crippen MR) is 60.1 cm³/mol. The third-order valence-corrected chi connectivity index (χ3v) is 3.41. The lowest BCUT2D eigenvalue weighted by Gasteiger charge is -2.09. The van der Waals surface area contributed by atoms with Gasteiger partial charge in [0.2, 0.25) is 0 Å². The van der Waals surface area contributed by atoms with E-state index in [9.17, 15) is 0 Å². The molecule has 0 fully saturated rings. The molecule has 0 aliphatic rings. The molecule has 0 aliphatic carbocycles. The van der Waals surface area contributed by atoms with E-state index in [0.717, 1.165) is 15.0 Å². The average molecular weight is 270 g/mol. The number of halogens is 1. The highest BCUT2D eigenvalue weighted by molar-refractivity contribution is 9.10. The van der Waals surface area contributed by atoms with E-state index in [4.69, 9.17) is 5.73 Å². The quantitative estimate of drug-likeness (QED) is 0.911. The van der Waals surface area contributed by atoms with Crippen molar-refractivity contribution in [1.82, 2.24) is 9.97 Å². The summed E-state index contributed by atoms with van der Waals surface area (Å²) in [6.07, 6.45) is 3.21. The van der Waals surface area contributed by atoms with Gasteiger partial charge in [-0.1, -0.05) is 6.07 Å². The van der Waals surface area contributed by atoms with Gasteiger partial charge in [-0.3, -0.25) is 0 Å². The van der Waals surface area contributed by atoms with Gasteiger partial charge in [-0.15, -0.1) is 11.3 Å². The van der Waals surface area contributed by atoms with Crippen molar-refractivity contribution in [2.75, 3.05) is 0 Å². The van der Waals surface area contributed by atoms with Crippen LogP contribution in [0, 0.1) is 0 Å². The highest BCUT2D eigenvalue weighted by Gasteiger charge is 2.14. The maximum Gasteiger partial charge on any atom is 0.115 e. The monoisotopic (exact) mass is 269 g/mol. The third-order valence-electron chi connectivity index (χ3n) is 1.84. The molecule has 2 aromatic rings. The summed E-state index contributed by atoms with van der Waals surface area (Å²) in [7, 11) is 0. The van der Waals surface area contributed by atoms with Gasteiger partial charge in [0, 0.05) is 11.1 Å². The minimum Gasteiger partial charge on any atom is -0.318 e. The van der Waals surface area contributed by atoms with E-state index < -0.39 is 0 Å². The summed E-state index contributed by atoms with van der Waals surface area (Å²) in [6.45, 7) is 0. The molecule has 0 saturated heterocycles. The highest BCUT2D eigenvalue weighted by atomic mass is 79.9. The average Bonchev–Trinajstić information content (AvgIpc) is 2.70. The van der Waals surface area contributed by atoms with Gasteiger partial charge in [-0.05, 0) is 27.4 Å². The number of aromatic nitrogens is 2. The molecule has 0 radical (unpaired) electrons. The van der Waals surface area contributed by atoms with Crippen LogP contribution in [0.3, 0.4) is 0 Å². The minimum atomic E-state index is -0.174. The summed E-state index contributed by atoms with van der Waals surface area (Å²) in [6, 6.07) is 3.81. The maximum absolute atomic E-state index is 6.05. The molecule has 2 aromatic heterocycles. The van der Waals surface area contributed by atoms with Gasteiger partial charge < -0.3 is 5.73 Å². The Balaban J connectivity index is 2.37. The highest BCUT2D eigenvalue weighted by Crippen LogP contribution is 2.26. The lowest BCUT2D eigenvalue weighted by atomic mass is 10.2. The van der Waals surface area contributed by atoms with Crippen molar-refractivity contribution < 1.29 is 0 Å². The lowest BCUT2D eigenvalue weighted by molar-refractivity contribution is 0.828. The first-order chi connectivity index (χ1) is 6.79. The smallest absolute Gasteiger partial charge is 0.115 e. The number of nitrogens with zero attached hydrogens (tertiary/aromatic N) is 2. The molecule has 2 N–H and O–H groups in total. The SMILES string of the molecule is NC(c1cccs1)c1ncncc1Br. The zero-order valence-electron chi connectivity index (χ0n) is 7.22. The fourth-order valence-corrected chi connectivity index (χ4v) is 2.35. The van der Waals surface area contributed by atoms with Gasteiger partial charge in [0.25, 0.3) is 0 Å². The summed E-state index contributed by atoms with van der Waals surface area (Å²) < 4.78 is 0.848. The van der Waals surface area contributed by atoms with E-state index in [1.54, 1.807) is 17.5 Å². The Morgan fingerprint density at radius 3 is 3.00 bits per heavy atom. The topological polar surface area (TPSA) is 51.8 Å². The van der Waals surface area contributed by atoms with Crippen molar-refractivity contribution in [1.29, 1.82) is 0 Å². The number of thiophene rings is 1. The molecule has 0 aromatic carbocycles. The molecule has 1 atom stereocenters. The van der Waals surface area contributed by atoms with Crippen LogP contribution in [0.5, 0.6) is 0 Å². The van der Waals surface area contributed by atoms with E-state index in [1.165, 1.54) is 6.33 Å². The van der Waals surface area contributed by atoms with Crippen LogP contribution in [0.4, 0.5) is 0 Å². The second-order valence-electron chi connectivity index (χ2n) is 2.75. The Bertz CT molecular complexity index is 416. The summed E-state index contributed by atoms with van der Waals surface area (Å²) >= 11 is 5.01. The van der Waals surface area contributed by atoms with Crippen LogP contribution in [0.2, 0.25) is 0 Å². The standard InChI is InChI=1S/C9H8BrN3S/c10-6-4-12-5-13-9(6)8(11)7-2-1-3-14-7/h1-5,8H,11H2. The first-order valence-corrected chi connectivity index (χ1v) is 5.70. The Kier molecular flexibility index (Phi) is 2.90. The largest absolute Gasteiger partial charge is 0.318 e. The van der Waals surface area contributed by atoms with Crippen LogP contribution in [0.25, 0.3) is 0 Å². The molecule has 0 saturated carbocycles. The number of hydrogen-bond acceptors (Lipinski definition) is 4. The second kappa shape index (κ2) is 4.16. The van der Waals surface area contributed by atoms with E-state index in [-0.39, 0.29) is 6.04 Å². The van der Waals surface area contributed by atoms with Gasteiger partial charge in [0.15, 0.2) is 0 Å². The van der Waals surface area contributed by atoms with Crippen LogP contribution in [0.1, 0.15) is 16.6 Å². The molecule has 0 aliphatic heterocycles. The predicted octanol–water partition coefficient (Wildman–Crippen LogP) is 2.35. The second-order valence-corrected chi connectivity index (χ2v) is 4.58. The van der Waals surface area contributed by atoms with Gasteiger partial charge in [-0.25, -0.2) is 9.97 Å². The fraction of sp³-hybridized carbons (Fsp3) is 0.111. The number of rotatable bonds is 2. The molecule has 72 valence electrons. The fourth-order valence-electron chi connectivity index (χ4n) is 1.15. The van der Waals surface area contributed by atoms with Crippen molar-refractivity contribution in [3.63, 3.8) is 0 Å². The maximum atomic E-state index is 6.05. The number of nitrogens with two attached hydrogens (primary N) is 1. The summed E-state index contributed by atoms with van der Waals surface area (Å²) in [5.41, 5.74) is 6.87. The lowest BCUT2D eigenvalue weighted by Crippen LogP contribution is -2.12. The van der Waals surface area contributed by atoms with Crippen LogP contribution >= 0.6 is 27.3 Å². The third kappa shape index (κ3) is 1.84. The normalized spacial score (nSPS) is 12.7. The molecular weight excluding hydrogens is 262 g/mol. The van der Waals surface area contributed by atoms with Crippen molar-refractivity contribution >= 4 is 27.3 Å². The molecule has 1 unspecified atom stereocenters. The zero-order valence-corrected chi connectivity index (χ0v) is 9.62.